The Labute approximate surface area is 117 Å². The zero-order valence-corrected chi connectivity index (χ0v) is 12.6. The Bertz CT molecular complexity index is 560. The van der Waals surface area contributed by atoms with Crippen molar-refractivity contribution in [3.8, 4) is 0 Å². The van der Waals surface area contributed by atoms with Crippen LogP contribution in [0.1, 0.15) is 39.3 Å². The predicted octanol–water partition coefficient (Wildman–Crippen LogP) is 3.35. The molecule has 2 atom stereocenters. The molecular weight excluding hydrogens is 256 g/mol. The van der Waals surface area contributed by atoms with Crippen molar-refractivity contribution in [2.75, 3.05) is 0 Å². The Morgan fingerprint density at radius 3 is 2.58 bits per heavy atom. The van der Waals surface area contributed by atoms with Crippen molar-refractivity contribution in [1.29, 1.82) is 0 Å². The topological polar surface area (TPSA) is 48.0 Å². The molecule has 1 aromatic carbocycles. The number of aromatic nitrogens is 1. The first-order chi connectivity index (χ1) is 8.89. The summed E-state index contributed by atoms with van der Waals surface area (Å²) in [5.74, 6) is 0. The highest BCUT2D eigenvalue weighted by atomic mass is 32.2. The first-order valence-corrected chi connectivity index (χ1v) is 7.56. The average molecular weight is 276 g/mol. The highest BCUT2D eigenvalue weighted by molar-refractivity contribution is 7.90. The Hall–Kier alpha value is -1.10. The lowest BCUT2D eigenvalue weighted by Gasteiger charge is -2.27. The lowest BCUT2D eigenvalue weighted by Crippen LogP contribution is -2.40. The molecule has 102 valence electrons. The minimum Gasteiger partial charge on any atom is -0.598 e. The lowest BCUT2D eigenvalue weighted by molar-refractivity contribution is 0.532. The van der Waals surface area contributed by atoms with Gasteiger partial charge in [0.15, 0.2) is 0 Å². The van der Waals surface area contributed by atoms with Gasteiger partial charge in [0.25, 0.3) is 0 Å². The van der Waals surface area contributed by atoms with Gasteiger partial charge in [-0.25, -0.2) is 0 Å². The smallest absolute Gasteiger partial charge is 0.136 e. The first kappa shape index (κ1) is 14.3. The molecule has 0 amide bonds. The number of hydrogen-bond acceptors (Lipinski definition) is 3. The van der Waals surface area contributed by atoms with E-state index in [0.717, 1.165) is 16.5 Å². The molecule has 1 heterocycles. The summed E-state index contributed by atoms with van der Waals surface area (Å²) in [5, 5.41) is 1.11. The van der Waals surface area contributed by atoms with Gasteiger partial charge in [0.2, 0.25) is 0 Å². The van der Waals surface area contributed by atoms with E-state index >= 15 is 0 Å². The van der Waals surface area contributed by atoms with E-state index in [-0.39, 0.29) is 10.8 Å². The lowest BCUT2D eigenvalue weighted by atomic mass is 10.0. The van der Waals surface area contributed by atoms with Crippen molar-refractivity contribution in [2.24, 2.45) is 0 Å². The minimum atomic E-state index is -1.08. The van der Waals surface area contributed by atoms with Crippen molar-refractivity contribution < 1.29 is 4.55 Å². The van der Waals surface area contributed by atoms with Crippen LogP contribution in [-0.4, -0.2) is 14.3 Å². The number of pyridine rings is 1. The Balaban J connectivity index is 2.29. The van der Waals surface area contributed by atoms with Gasteiger partial charge < -0.3 is 4.55 Å². The molecule has 1 aromatic heterocycles. The van der Waals surface area contributed by atoms with Crippen LogP contribution >= 0.6 is 0 Å². The maximum Gasteiger partial charge on any atom is 0.136 e. The molecule has 0 radical (unpaired) electrons. The van der Waals surface area contributed by atoms with Crippen LogP contribution in [0, 0.1) is 0 Å². The number of nitrogens with one attached hydrogen (secondary N) is 1. The van der Waals surface area contributed by atoms with Crippen LogP contribution in [0.25, 0.3) is 10.9 Å². The van der Waals surface area contributed by atoms with Gasteiger partial charge in [-0.2, -0.15) is 0 Å². The third-order valence-electron chi connectivity index (χ3n) is 2.99. The number of para-hydroxylation sites is 1. The van der Waals surface area contributed by atoms with Gasteiger partial charge in [0.1, 0.15) is 4.75 Å². The van der Waals surface area contributed by atoms with Crippen LogP contribution in [0.5, 0.6) is 0 Å². The largest absolute Gasteiger partial charge is 0.598 e. The van der Waals surface area contributed by atoms with Crippen LogP contribution in [0.15, 0.2) is 36.5 Å². The molecule has 2 rings (SSSR count). The molecule has 3 nitrogen and oxygen atoms in total. The summed E-state index contributed by atoms with van der Waals surface area (Å²) < 4.78 is 15.1. The van der Waals surface area contributed by atoms with Crippen molar-refractivity contribution in [3.63, 3.8) is 0 Å². The van der Waals surface area contributed by atoms with Gasteiger partial charge in [-0.3, -0.25) is 4.98 Å². The van der Waals surface area contributed by atoms with Gasteiger partial charge in [0.05, 0.1) is 11.6 Å². The second-order valence-corrected chi connectivity index (χ2v) is 7.64. The zero-order valence-electron chi connectivity index (χ0n) is 11.8. The summed E-state index contributed by atoms with van der Waals surface area (Å²) in [6.45, 7) is 7.93. The van der Waals surface area contributed by atoms with Crippen LogP contribution in [-0.2, 0) is 11.4 Å². The monoisotopic (exact) mass is 276 g/mol. The van der Waals surface area contributed by atoms with Crippen molar-refractivity contribution in [3.05, 3.63) is 42.1 Å². The van der Waals surface area contributed by atoms with Gasteiger partial charge in [-0.1, -0.05) is 18.2 Å². The van der Waals surface area contributed by atoms with E-state index in [4.69, 9.17) is 0 Å². The molecule has 0 fully saturated rings. The van der Waals surface area contributed by atoms with Crippen LogP contribution in [0.2, 0.25) is 0 Å². The number of benzene rings is 1. The first-order valence-electron chi connectivity index (χ1n) is 6.41. The van der Waals surface area contributed by atoms with E-state index in [1.165, 1.54) is 0 Å². The normalized spacial score (nSPS) is 15.4. The van der Waals surface area contributed by atoms with Gasteiger partial charge in [0, 0.05) is 22.9 Å². The van der Waals surface area contributed by atoms with Crippen molar-refractivity contribution in [2.45, 2.75) is 38.5 Å². The van der Waals surface area contributed by atoms with Crippen LogP contribution < -0.4 is 4.72 Å². The van der Waals surface area contributed by atoms with Crippen LogP contribution in [0.4, 0.5) is 0 Å². The molecule has 0 bridgehead atoms. The Morgan fingerprint density at radius 2 is 1.89 bits per heavy atom. The summed E-state index contributed by atoms with van der Waals surface area (Å²) in [6.07, 6.45) is 1.80. The van der Waals surface area contributed by atoms with E-state index in [1.807, 2.05) is 52.0 Å². The molecule has 0 saturated carbocycles. The second-order valence-electron chi connectivity index (χ2n) is 5.64. The number of rotatable bonds is 3. The van der Waals surface area contributed by atoms with E-state index in [9.17, 15) is 4.55 Å². The molecular formula is C15H20N2OS. The Morgan fingerprint density at radius 1 is 1.21 bits per heavy atom. The Kier molecular flexibility index (Phi) is 4.13. The molecule has 0 aliphatic carbocycles. The quantitative estimate of drug-likeness (QED) is 0.875. The van der Waals surface area contributed by atoms with E-state index in [1.54, 1.807) is 6.20 Å². The van der Waals surface area contributed by atoms with E-state index < -0.39 is 11.4 Å². The average Bonchev–Trinajstić information content (AvgIpc) is 2.36. The fraction of sp³-hybridized carbons (Fsp3) is 0.400. The molecule has 1 N–H and O–H groups in total. The van der Waals surface area contributed by atoms with Gasteiger partial charge >= 0.3 is 0 Å². The molecule has 0 aliphatic heterocycles. The molecule has 19 heavy (non-hydrogen) atoms. The standard InChI is InChI=1S/C15H20N2OS/c1-11(17-19(18)15(2,3)4)12-9-10-16-14-8-6-5-7-13(12)14/h5-11,17H,1-4H3/t11-,19-/m1/s1. The summed E-state index contributed by atoms with van der Waals surface area (Å²) in [5.41, 5.74) is 2.10. The molecule has 2 aromatic rings. The third-order valence-corrected chi connectivity index (χ3v) is 4.67. The fourth-order valence-electron chi connectivity index (χ4n) is 1.90. The maximum atomic E-state index is 12.2. The SMILES string of the molecule is C[C@@H](N[S@+]([O-])C(C)(C)C)c1ccnc2ccccc12. The van der Waals surface area contributed by atoms with Crippen molar-refractivity contribution in [1.82, 2.24) is 9.71 Å². The summed E-state index contributed by atoms with van der Waals surface area (Å²) in [6, 6.07) is 10.0. The predicted molar refractivity (Wildman–Crippen MR) is 81.2 cm³/mol. The maximum absolute atomic E-state index is 12.2. The highest BCUT2D eigenvalue weighted by Gasteiger charge is 2.28. The van der Waals surface area contributed by atoms with E-state index in [2.05, 4.69) is 15.8 Å². The van der Waals surface area contributed by atoms with Crippen molar-refractivity contribution >= 4 is 22.3 Å². The number of hydrogen-bond donors (Lipinski definition) is 1. The van der Waals surface area contributed by atoms with Gasteiger partial charge in [-0.15, -0.1) is 4.72 Å². The molecule has 0 spiro atoms. The molecule has 0 saturated heterocycles. The highest BCUT2D eigenvalue weighted by Crippen LogP contribution is 2.25. The molecule has 4 heteroatoms. The third kappa shape index (κ3) is 3.26. The molecule has 0 aliphatic rings. The summed E-state index contributed by atoms with van der Waals surface area (Å²) >= 11 is -1.08. The molecule has 0 unspecified atom stereocenters. The fourth-order valence-corrected chi connectivity index (χ4v) is 2.70. The minimum absolute atomic E-state index is 0.0213. The second kappa shape index (κ2) is 5.49. The van der Waals surface area contributed by atoms with Crippen LogP contribution in [0.3, 0.4) is 0 Å². The van der Waals surface area contributed by atoms with Gasteiger partial charge in [-0.05, 0) is 45.4 Å². The number of nitrogens with zero attached hydrogens (tertiary/aromatic N) is 1. The zero-order chi connectivity index (χ0) is 14.0. The summed E-state index contributed by atoms with van der Waals surface area (Å²) in [4.78, 5) is 4.35. The number of fused-ring (bicyclic) bond motifs is 1. The summed E-state index contributed by atoms with van der Waals surface area (Å²) in [7, 11) is 0. The van der Waals surface area contributed by atoms with E-state index in [0.29, 0.717) is 0 Å².